The molecule has 2 nitrogen and oxygen atoms in total. The maximum Gasteiger partial charge on any atom is 0.435 e. The van der Waals surface area contributed by atoms with Crippen molar-refractivity contribution in [3.63, 3.8) is 0 Å². The topological polar surface area (TPSA) is 28.7 Å². The third-order valence-electron chi connectivity index (χ3n) is 4.72. The monoisotopic (exact) mass is 332 g/mol. The van der Waals surface area contributed by atoms with Gasteiger partial charge in [0, 0.05) is 11.8 Å². The smallest absolute Gasteiger partial charge is 0.285 e. The highest BCUT2D eigenvalue weighted by atomic mass is 19.4. The van der Waals surface area contributed by atoms with Crippen LogP contribution in [0.3, 0.4) is 0 Å². The maximum atomic E-state index is 13.2. The van der Waals surface area contributed by atoms with Gasteiger partial charge in [0.1, 0.15) is 0 Å². The molecule has 0 amide bonds. The molecule has 0 atom stereocenters. The van der Waals surface area contributed by atoms with Crippen molar-refractivity contribution in [2.45, 2.75) is 96.6 Å². The van der Waals surface area contributed by atoms with Crippen LogP contribution in [0.1, 0.15) is 96.2 Å². The van der Waals surface area contributed by atoms with Crippen LogP contribution in [0.25, 0.3) is 0 Å². The fourth-order valence-corrected chi connectivity index (χ4v) is 3.24. The minimum absolute atomic E-state index is 0.345. The Morgan fingerprint density at radius 2 is 1.43 bits per heavy atom. The van der Waals surface area contributed by atoms with Gasteiger partial charge >= 0.3 is 6.18 Å². The fraction of sp³-hybridized carbons (Fsp3) is 0.833. The third-order valence-corrected chi connectivity index (χ3v) is 4.72. The number of unbranched alkanes of at least 4 members (excludes halogenated alkanes) is 6. The normalized spacial score (nSPS) is 12.8. The first-order chi connectivity index (χ1) is 10.8. The summed E-state index contributed by atoms with van der Waals surface area (Å²) in [4.78, 5) is 0. The molecule has 5 heteroatoms. The molecule has 23 heavy (non-hydrogen) atoms. The Morgan fingerprint density at radius 3 is 1.87 bits per heavy atom. The molecule has 0 aromatic carbocycles. The highest BCUT2D eigenvalue weighted by Gasteiger charge is 2.41. The summed E-state index contributed by atoms with van der Waals surface area (Å²) in [6, 6.07) is 0. The summed E-state index contributed by atoms with van der Waals surface area (Å²) in [6.07, 6.45) is 7.32. The standard InChI is InChI=1S/C18H31F3N2/c1-4-6-8-10-12-17(3,13-11-9-7-5-2)15-14-22-23-16(15)18(19,20)21/h14H,4-13H2,1-3H3,(H,22,23). The largest absolute Gasteiger partial charge is 0.435 e. The summed E-state index contributed by atoms with van der Waals surface area (Å²) in [5.74, 6) is 0. The van der Waals surface area contributed by atoms with Crippen LogP contribution in [0.2, 0.25) is 0 Å². The molecular formula is C18H31F3N2. The van der Waals surface area contributed by atoms with Crippen LogP contribution >= 0.6 is 0 Å². The first kappa shape index (κ1) is 20.0. The Morgan fingerprint density at radius 1 is 0.913 bits per heavy atom. The molecule has 0 unspecified atom stereocenters. The zero-order valence-electron chi connectivity index (χ0n) is 14.7. The van der Waals surface area contributed by atoms with Crippen LogP contribution in [0, 0.1) is 0 Å². The predicted octanol–water partition coefficient (Wildman–Crippen LogP) is 6.63. The quantitative estimate of drug-likeness (QED) is 0.453. The summed E-state index contributed by atoms with van der Waals surface area (Å²) < 4.78 is 39.6. The molecule has 0 aliphatic carbocycles. The van der Waals surface area contributed by atoms with Crippen LogP contribution in [0.4, 0.5) is 13.2 Å². The zero-order chi connectivity index (χ0) is 17.3. The Kier molecular flexibility index (Phi) is 8.13. The van der Waals surface area contributed by atoms with Crippen molar-refractivity contribution in [1.29, 1.82) is 0 Å². The van der Waals surface area contributed by atoms with E-state index in [1.165, 1.54) is 6.20 Å². The second-order valence-corrected chi connectivity index (χ2v) is 6.83. The van der Waals surface area contributed by atoms with E-state index in [-0.39, 0.29) is 0 Å². The maximum absolute atomic E-state index is 13.2. The van der Waals surface area contributed by atoms with Gasteiger partial charge < -0.3 is 0 Å². The molecule has 0 saturated carbocycles. The van der Waals surface area contributed by atoms with Crippen LogP contribution in [-0.4, -0.2) is 10.2 Å². The molecule has 1 heterocycles. The van der Waals surface area contributed by atoms with E-state index < -0.39 is 17.3 Å². The van der Waals surface area contributed by atoms with Gasteiger partial charge in [-0.2, -0.15) is 18.3 Å². The van der Waals surface area contributed by atoms with Crippen molar-refractivity contribution >= 4 is 0 Å². The van der Waals surface area contributed by atoms with Crippen LogP contribution < -0.4 is 0 Å². The van der Waals surface area contributed by atoms with Gasteiger partial charge in [-0.1, -0.05) is 72.1 Å². The van der Waals surface area contributed by atoms with Crippen molar-refractivity contribution in [3.8, 4) is 0 Å². The minimum atomic E-state index is -4.39. The first-order valence-electron chi connectivity index (χ1n) is 8.96. The number of halogens is 3. The van der Waals surface area contributed by atoms with Gasteiger partial charge in [-0.15, -0.1) is 0 Å². The van der Waals surface area contributed by atoms with Crippen molar-refractivity contribution in [3.05, 3.63) is 17.5 Å². The second kappa shape index (κ2) is 9.33. The summed E-state index contributed by atoms with van der Waals surface area (Å²) in [5, 5.41) is 5.94. The highest BCUT2D eigenvalue weighted by Crippen LogP contribution is 2.41. The SMILES string of the molecule is CCCCCCC(C)(CCCCCC)c1c[nH]nc1C(F)(F)F. The van der Waals surface area contributed by atoms with Crippen molar-refractivity contribution in [2.75, 3.05) is 0 Å². The number of aromatic nitrogens is 2. The van der Waals surface area contributed by atoms with E-state index >= 15 is 0 Å². The van der Waals surface area contributed by atoms with Gasteiger partial charge in [0.05, 0.1) is 0 Å². The molecule has 0 saturated heterocycles. The van der Waals surface area contributed by atoms with Gasteiger partial charge in [-0.3, -0.25) is 5.10 Å². The number of nitrogens with zero attached hydrogens (tertiary/aromatic N) is 1. The lowest BCUT2D eigenvalue weighted by Crippen LogP contribution is -2.25. The second-order valence-electron chi connectivity index (χ2n) is 6.83. The lowest BCUT2D eigenvalue weighted by Gasteiger charge is -2.30. The molecule has 1 aromatic rings. The van der Waals surface area contributed by atoms with Gasteiger partial charge in [-0.05, 0) is 18.3 Å². The van der Waals surface area contributed by atoms with Crippen LogP contribution in [0.15, 0.2) is 6.20 Å². The fourth-order valence-electron chi connectivity index (χ4n) is 3.24. The van der Waals surface area contributed by atoms with E-state index in [9.17, 15) is 13.2 Å². The number of rotatable bonds is 11. The number of alkyl halides is 3. The molecule has 0 aliphatic heterocycles. The predicted molar refractivity (Wildman–Crippen MR) is 88.5 cm³/mol. The number of hydrogen-bond donors (Lipinski definition) is 1. The zero-order valence-corrected chi connectivity index (χ0v) is 14.7. The highest BCUT2D eigenvalue weighted by molar-refractivity contribution is 5.28. The number of hydrogen-bond acceptors (Lipinski definition) is 1. The number of nitrogens with one attached hydrogen (secondary N) is 1. The molecule has 0 bridgehead atoms. The Labute approximate surface area is 138 Å². The van der Waals surface area contributed by atoms with E-state index in [4.69, 9.17) is 0 Å². The molecule has 0 radical (unpaired) electrons. The average Bonchev–Trinajstić information content (AvgIpc) is 2.99. The lowest BCUT2D eigenvalue weighted by molar-refractivity contribution is -0.142. The molecule has 0 fully saturated rings. The van der Waals surface area contributed by atoms with Gasteiger partial charge in [0.15, 0.2) is 5.69 Å². The summed E-state index contributed by atoms with van der Waals surface area (Å²) in [6.45, 7) is 6.26. The Balaban J connectivity index is 2.87. The number of aromatic amines is 1. The Hall–Kier alpha value is -1.00. The number of H-pyrrole nitrogens is 1. The molecule has 0 spiro atoms. The molecule has 1 aromatic heterocycles. The van der Waals surface area contributed by atoms with Gasteiger partial charge in [0.2, 0.25) is 0 Å². The molecule has 134 valence electrons. The van der Waals surface area contributed by atoms with Crippen molar-refractivity contribution in [2.24, 2.45) is 0 Å². The van der Waals surface area contributed by atoms with Crippen LogP contribution in [-0.2, 0) is 11.6 Å². The van der Waals surface area contributed by atoms with E-state index in [0.29, 0.717) is 5.56 Å². The molecule has 0 aliphatic rings. The van der Waals surface area contributed by atoms with Gasteiger partial charge in [-0.25, -0.2) is 0 Å². The molecule has 1 rings (SSSR count). The molecular weight excluding hydrogens is 301 g/mol. The summed E-state index contributed by atoms with van der Waals surface area (Å²) in [7, 11) is 0. The molecule has 1 N–H and O–H groups in total. The first-order valence-corrected chi connectivity index (χ1v) is 8.96. The van der Waals surface area contributed by atoms with E-state index in [1.807, 2.05) is 6.92 Å². The van der Waals surface area contributed by atoms with Crippen LogP contribution in [0.5, 0.6) is 0 Å². The summed E-state index contributed by atoms with van der Waals surface area (Å²) >= 11 is 0. The van der Waals surface area contributed by atoms with Crippen molar-refractivity contribution in [1.82, 2.24) is 10.2 Å². The van der Waals surface area contributed by atoms with E-state index in [2.05, 4.69) is 24.0 Å². The third kappa shape index (κ3) is 6.19. The Bertz CT molecular complexity index is 426. The van der Waals surface area contributed by atoms with E-state index in [0.717, 1.165) is 64.2 Å². The average molecular weight is 332 g/mol. The minimum Gasteiger partial charge on any atom is -0.285 e. The van der Waals surface area contributed by atoms with E-state index in [1.54, 1.807) is 0 Å². The van der Waals surface area contributed by atoms with Gasteiger partial charge in [0.25, 0.3) is 0 Å². The lowest BCUT2D eigenvalue weighted by atomic mass is 9.74. The summed E-state index contributed by atoms with van der Waals surface area (Å²) in [5.41, 5.74) is -0.830. The van der Waals surface area contributed by atoms with Crippen molar-refractivity contribution < 1.29 is 13.2 Å².